The minimum atomic E-state index is 0.420. The van der Waals surface area contributed by atoms with E-state index in [0.29, 0.717) is 11.4 Å². The summed E-state index contributed by atoms with van der Waals surface area (Å²) in [5.41, 5.74) is 7.97. The monoisotopic (exact) mass is 299 g/mol. The molecule has 0 unspecified atom stereocenters. The van der Waals surface area contributed by atoms with Crippen LogP contribution in [0.25, 0.3) is 26.3 Å². The summed E-state index contributed by atoms with van der Waals surface area (Å²) >= 11 is 0. The summed E-state index contributed by atoms with van der Waals surface area (Å²) in [4.78, 5) is 7.18. The highest BCUT2D eigenvalue weighted by atomic mass is 15.4. The second-order valence-corrected chi connectivity index (χ2v) is 6.08. The van der Waals surface area contributed by atoms with Crippen molar-refractivity contribution in [3.8, 4) is 5.69 Å². The van der Waals surface area contributed by atoms with E-state index in [-0.39, 0.29) is 0 Å². The van der Waals surface area contributed by atoms with E-state index in [0.717, 1.165) is 23.1 Å². The zero-order chi connectivity index (χ0) is 16.3. The van der Waals surface area contributed by atoms with Crippen LogP contribution in [0.5, 0.6) is 0 Å². The van der Waals surface area contributed by atoms with Crippen LogP contribution in [0.4, 0.5) is 11.4 Å². The van der Waals surface area contributed by atoms with Crippen molar-refractivity contribution in [2.75, 3.05) is 0 Å². The highest BCUT2D eigenvalue weighted by molar-refractivity contribution is 5.99. The Bertz CT molecular complexity index is 1090. The van der Waals surface area contributed by atoms with E-state index in [1.165, 1.54) is 22.3 Å². The molecule has 4 nitrogen and oxygen atoms in total. The van der Waals surface area contributed by atoms with Gasteiger partial charge in [0, 0.05) is 5.56 Å². The summed E-state index contributed by atoms with van der Waals surface area (Å²) in [5, 5.41) is 1.01. The number of benzene rings is 2. The Labute approximate surface area is 134 Å². The Hall–Kier alpha value is -3.11. The molecule has 4 rings (SSSR count). The zero-order valence-corrected chi connectivity index (χ0v) is 13.3. The predicted molar refractivity (Wildman–Crippen MR) is 89.3 cm³/mol. The average Bonchev–Trinajstić information content (AvgIpc) is 3.06. The fourth-order valence-electron chi connectivity index (χ4n) is 3.56. The highest BCUT2D eigenvalue weighted by Gasteiger charge is 2.32. The maximum absolute atomic E-state index is 7.54. The minimum absolute atomic E-state index is 0.420. The molecule has 2 aromatic carbocycles. The van der Waals surface area contributed by atoms with Gasteiger partial charge in [-0.1, -0.05) is 12.1 Å². The lowest BCUT2D eigenvalue weighted by atomic mass is 9.98. The molecule has 4 heteroatoms. The van der Waals surface area contributed by atoms with Crippen LogP contribution in [0, 0.1) is 33.9 Å². The first kappa shape index (κ1) is 13.5. The summed E-state index contributed by atoms with van der Waals surface area (Å²) in [5.74, 6) is 0. The van der Waals surface area contributed by atoms with Crippen LogP contribution in [0.2, 0.25) is 0 Å². The third-order valence-electron chi connectivity index (χ3n) is 4.90. The van der Waals surface area contributed by atoms with Crippen LogP contribution in [0.3, 0.4) is 0 Å². The van der Waals surface area contributed by atoms with Crippen LogP contribution >= 0.6 is 0 Å². The van der Waals surface area contributed by atoms with Gasteiger partial charge in [-0.2, -0.15) is 0 Å². The van der Waals surface area contributed by atoms with Gasteiger partial charge < -0.3 is 0 Å². The number of aromatic nitrogens is 2. The van der Waals surface area contributed by atoms with E-state index in [9.17, 15) is 0 Å². The van der Waals surface area contributed by atoms with Crippen molar-refractivity contribution in [3.63, 3.8) is 0 Å². The topological polar surface area (TPSA) is 17.5 Å². The van der Waals surface area contributed by atoms with Gasteiger partial charge >= 0.3 is 0 Å². The standard InChI is InChI=1S/C19H15N4/c1-11-8-15-10-22-9-14-6-7-16(20-4)17(21-5)19(14)23(22)18(15)13(3)12(11)2/h6-9H,10H2,1-3H3/q+1. The Kier molecular flexibility index (Phi) is 2.62. The summed E-state index contributed by atoms with van der Waals surface area (Å²) in [6, 6.07) is 5.92. The first-order valence-corrected chi connectivity index (χ1v) is 7.50. The van der Waals surface area contributed by atoms with Crippen molar-refractivity contribution in [2.24, 2.45) is 0 Å². The molecule has 0 spiro atoms. The van der Waals surface area contributed by atoms with Crippen molar-refractivity contribution in [1.82, 2.24) is 4.68 Å². The Morgan fingerprint density at radius 2 is 1.87 bits per heavy atom. The van der Waals surface area contributed by atoms with E-state index in [1.54, 1.807) is 6.07 Å². The summed E-state index contributed by atoms with van der Waals surface area (Å²) in [6.07, 6.45) is 2.07. The van der Waals surface area contributed by atoms with Gasteiger partial charge in [-0.15, -0.1) is 9.36 Å². The lowest BCUT2D eigenvalue weighted by molar-refractivity contribution is -0.749. The van der Waals surface area contributed by atoms with Crippen molar-refractivity contribution in [3.05, 3.63) is 69.5 Å². The molecule has 1 aliphatic rings. The van der Waals surface area contributed by atoms with Gasteiger partial charge in [0.15, 0.2) is 12.2 Å². The molecule has 0 N–H and O–H groups in total. The van der Waals surface area contributed by atoms with E-state index in [4.69, 9.17) is 13.1 Å². The molecule has 2 heterocycles. The fraction of sp³-hybridized carbons (Fsp3) is 0.211. The van der Waals surface area contributed by atoms with Crippen LogP contribution in [0.15, 0.2) is 24.4 Å². The van der Waals surface area contributed by atoms with Crippen LogP contribution in [-0.4, -0.2) is 4.68 Å². The molecule has 23 heavy (non-hydrogen) atoms. The molecule has 3 aromatic rings. The molecule has 0 amide bonds. The Morgan fingerprint density at radius 3 is 2.57 bits per heavy atom. The predicted octanol–water partition coefficient (Wildman–Crippen LogP) is 4.31. The summed E-state index contributed by atoms with van der Waals surface area (Å²) in [6.45, 7) is 22.1. The Balaban J connectivity index is 2.19. The minimum Gasteiger partial charge on any atom is -0.250 e. The van der Waals surface area contributed by atoms with Gasteiger partial charge in [0.1, 0.15) is 11.2 Å². The molecule has 0 saturated carbocycles. The lowest BCUT2D eigenvalue weighted by Gasteiger charge is -2.10. The van der Waals surface area contributed by atoms with Crippen LogP contribution in [0.1, 0.15) is 22.3 Å². The Morgan fingerprint density at radius 1 is 1.09 bits per heavy atom. The molecular formula is C19H15N4+. The quantitative estimate of drug-likeness (QED) is 0.340. The molecule has 110 valence electrons. The second kappa shape index (κ2) is 4.44. The molecular weight excluding hydrogens is 284 g/mol. The average molecular weight is 299 g/mol. The molecule has 0 bridgehead atoms. The normalized spacial score (nSPS) is 11.9. The summed E-state index contributed by atoms with van der Waals surface area (Å²) < 4.78 is 4.26. The molecule has 1 aromatic heterocycles. The van der Waals surface area contributed by atoms with Crippen molar-refractivity contribution < 1.29 is 4.68 Å². The third-order valence-corrected chi connectivity index (χ3v) is 4.90. The zero-order valence-electron chi connectivity index (χ0n) is 13.3. The molecule has 0 aliphatic carbocycles. The second-order valence-electron chi connectivity index (χ2n) is 6.08. The number of aryl methyl sites for hydroxylation is 1. The van der Waals surface area contributed by atoms with E-state index in [2.05, 4.69) is 52.1 Å². The summed E-state index contributed by atoms with van der Waals surface area (Å²) in [7, 11) is 0. The molecule has 0 saturated heterocycles. The SMILES string of the molecule is [C-]#[N+]c1ccc2c[n+]3n(c2c1[N+]#[C-])-c1c(cc(C)c(C)c1C)C3. The maximum atomic E-state index is 7.54. The first-order chi connectivity index (χ1) is 11.1. The van der Waals surface area contributed by atoms with Gasteiger partial charge in [-0.05, 0) is 43.5 Å². The number of nitrogens with zero attached hydrogens (tertiary/aromatic N) is 4. The maximum Gasteiger partial charge on any atom is 0.224 e. The van der Waals surface area contributed by atoms with Gasteiger partial charge in [-0.25, -0.2) is 4.85 Å². The largest absolute Gasteiger partial charge is 0.250 e. The molecule has 0 fully saturated rings. The van der Waals surface area contributed by atoms with E-state index < -0.39 is 0 Å². The van der Waals surface area contributed by atoms with E-state index in [1.807, 2.05) is 6.07 Å². The van der Waals surface area contributed by atoms with E-state index >= 15 is 0 Å². The fourth-order valence-corrected chi connectivity index (χ4v) is 3.56. The highest BCUT2D eigenvalue weighted by Crippen LogP contribution is 2.39. The lowest BCUT2D eigenvalue weighted by Crippen LogP contribution is -2.36. The van der Waals surface area contributed by atoms with Crippen LogP contribution in [-0.2, 0) is 6.54 Å². The van der Waals surface area contributed by atoms with Gasteiger partial charge in [0.25, 0.3) is 0 Å². The number of hydrogen-bond donors (Lipinski definition) is 0. The smallest absolute Gasteiger partial charge is 0.224 e. The molecule has 0 atom stereocenters. The molecule has 1 aliphatic heterocycles. The van der Waals surface area contributed by atoms with Crippen molar-refractivity contribution >= 4 is 22.3 Å². The number of rotatable bonds is 0. The number of hydrogen-bond acceptors (Lipinski definition) is 0. The van der Waals surface area contributed by atoms with Crippen molar-refractivity contribution in [2.45, 2.75) is 27.3 Å². The van der Waals surface area contributed by atoms with Gasteiger partial charge in [0.05, 0.1) is 18.5 Å². The van der Waals surface area contributed by atoms with Gasteiger partial charge in [0.2, 0.25) is 11.9 Å². The first-order valence-electron chi connectivity index (χ1n) is 7.50. The van der Waals surface area contributed by atoms with Crippen molar-refractivity contribution in [1.29, 1.82) is 0 Å². The van der Waals surface area contributed by atoms with Crippen LogP contribution < -0.4 is 4.68 Å². The van der Waals surface area contributed by atoms with Gasteiger partial charge in [-0.3, -0.25) is 4.85 Å². The molecule has 0 radical (unpaired) electrons. The number of fused-ring (bicyclic) bond motifs is 5. The third kappa shape index (κ3) is 1.61.